The minimum Gasteiger partial charge on any atom is -0.493 e. The Morgan fingerprint density at radius 2 is 2.18 bits per heavy atom. The first-order valence-corrected chi connectivity index (χ1v) is 7.74. The molecule has 120 valence electrons. The van der Waals surface area contributed by atoms with Crippen LogP contribution in [0.2, 0.25) is 0 Å². The van der Waals surface area contributed by atoms with Gasteiger partial charge < -0.3 is 19.6 Å². The van der Waals surface area contributed by atoms with Gasteiger partial charge in [0.05, 0.1) is 13.2 Å². The highest BCUT2D eigenvalue weighted by molar-refractivity contribution is 5.58. The van der Waals surface area contributed by atoms with Gasteiger partial charge >= 0.3 is 0 Å². The predicted octanol–water partition coefficient (Wildman–Crippen LogP) is 2.77. The van der Waals surface area contributed by atoms with E-state index in [1.54, 1.807) is 0 Å². The summed E-state index contributed by atoms with van der Waals surface area (Å²) < 4.78 is 11.3. The van der Waals surface area contributed by atoms with Gasteiger partial charge in [0.15, 0.2) is 0 Å². The van der Waals surface area contributed by atoms with E-state index in [1.807, 2.05) is 25.2 Å². The van der Waals surface area contributed by atoms with Gasteiger partial charge in [-0.2, -0.15) is 0 Å². The van der Waals surface area contributed by atoms with Crippen molar-refractivity contribution in [1.29, 1.82) is 0 Å². The van der Waals surface area contributed by atoms with E-state index in [1.165, 1.54) is 11.8 Å². The summed E-state index contributed by atoms with van der Waals surface area (Å²) >= 11 is 0. The summed E-state index contributed by atoms with van der Waals surface area (Å²) in [5.41, 5.74) is 2.57. The maximum atomic E-state index is 9.07. The molecule has 2 aromatic rings. The molecule has 0 saturated carbocycles. The number of ether oxygens (including phenoxy) is 1. The molecule has 0 bridgehead atoms. The number of unbranched alkanes of at least 4 members (excludes halogenated alkanes) is 1. The van der Waals surface area contributed by atoms with Crippen LogP contribution in [0.4, 0.5) is 0 Å². The lowest BCUT2D eigenvalue weighted by Crippen LogP contribution is -2.09. The van der Waals surface area contributed by atoms with E-state index in [2.05, 4.69) is 17.2 Å². The van der Waals surface area contributed by atoms with Crippen LogP contribution in [0.15, 0.2) is 28.9 Å². The van der Waals surface area contributed by atoms with E-state index in [-0.39, 0.29) is 6.61 Å². The van der Waals surface area contributed by atoms with Crippen LogP contribution in [0, 0.1) is 0 Å². The number of nitrogens with one attached hydrogen (secondary N) is 1. The SMILES string of the molecule is CCc1ccc(-c2nc(CO)co2)cc1OCCCCNC. The number of oxazole rings is 1. The van der Waals surface area contributed by atoms with Gasteiger partial charge in [-0.25, -0.2) is 4.98 Å². The Morgan fingerprint density at radius 1 is 1.32 bits per heavy atom. The maximum absolute atomic E-state index is 9.07. The number of hydrogen-bond acceptors (Lipinski definition) is 5. The number of benzene rings is 1. The van der Waals surface area contributed by atoms with E-state index in [9.17, 15) is 0 Å². The monoisotopic (exact) mass is 304 g/mol. The molecule has 1 heterocycles. The fourth-order valence-corrected chi connectivity index (χ4v) is 2.21. The Kier molecular flexibility index (Phi) is 6.43. The third-order valence-electron chi connectivity index (χ3n) is 3.49. The zero-order valence-corrected chi connectivity index (χ0v) is 13.3. The molecule has 0 amide bonds. The Morgan fingerprint density at radius 3 is 2.86 bits per heavy atom. The number of aliphatic hydroxyl groups excluding tert-OH is 1. The quantitative estimate of drug-likeness (QED) is 0.697. The van der Waals surface area contributed by atoms with E-state index >= 15 is 0 Å². The van der Waals surface area contributed by atoms with Crippen molar-refractivity contribution >= 4 is 0 Å². The summed E-state index contributed by atoms with van der Waals surface area (Å²) in [5, 5.41) is 12.2. The van der Waals surface area contributed by atoms with Crippen molar-refractivity contribution in [2.45, 2.75) is 32.8 Å². The molecule has 0 atom stereocenters. The Labute approximate surface area is 131 Å². The van der Waals surface area contributed by atoms with Crippen LogP contribution in [0.3, 0.4) is 0 Å². The molecule has 0 spiro atoms. The number of nitrogens with zero attached hydrogens (tertiary/aromatic N) is 1. The maximum Gasteiger partial charge on any atom is 0.226 e. The van der Waals surface area contributed by atoms with Crippen molar-refractivity contribution in [3.8, 4) is 17.2 Å². The van der Waals surface area contributed by atoms with Crippen molar-refractivity contribution in [3.63, 3.8) is 0 Å². The van der Waals surface area contributed by atoms with Gasteiger partial charge in [-0.05, 0) is 50.6 Å². The summed E-state index contributed by atoms with van der Waals surface area (Å²) in [4.78, 5) is 4.24. The van der Waals surface area contributed by atoms with Crippen LogP contribution in [0.25, 0.3) is 11.5 Å². The summed E-state index contributed by atoms with van der Waals surface area (Å²) in [6.07, 6.45) is 4.50. The van der Waals surface area contributed by atoms with E-state index in [0.717, 1.165) is 37.1 Å². The molecule has 0 aliphatic carbocycles. The second-order valence-electron chi connectivity index (χ2n) is 5.14. The molecule has 0 saturated heterocycles. The molecule has 0 aliphatic heterocycles. The lowest BCUT2D eigenvalue weighted by Gasteiger charge is -2.11. The largest absolute Gasteiger partial charge is 0.493 e. The molecule has 5 heteroatoms. The van der Waals surface area contributed by atoms with Crippen LogP contribution < -0.4 is 10.1 Å². The minimum absolute atomic E-state index is 0.120. The third-order valence-corrected chi connectivity index (χ3v) is 3.49. The molecule has 22 heavy (non-hydrogen) atoms. The molecule has 2 N–H and O–H groups in total. The lowest BCUT2D eigenvalue weighted by atomic mass is 10.1. The first kappa shape index (κ1) is 16.5. The third kappa shape index (κ3) is 4.32. The average Bonchev–Trinajstić information content (AvgIpc) is 3.03. The topological polar surface area (TPSA) is 67.5 Å². The second kappa shape index (κ2) is 8.56. The van der Waals surface area contributed by atoms with Crippen molar-refractivity contribution in [2.75, 3.05) is 20.2 Å². The molecule has 1 aromatic carbocycles. The summed E-state index contributed by atoms with van der Waals surface area (Å²) in [6.45, 7) is 3.69. The van der Waals surface area contributed by atoms with Crippen LogP contribution in [-0.4, -0.2) is 30.3 Å². The minimum atomic E-state index is -0.120. The van der Waals surface area contributed by atoms with E-state index in [0.29, 0.717) is 18.2 Å². The second-order valence-corrected chi connectivity index (χ2v) is 5.14. The van der Waals surface area contributed by atoms with Crippen LogP contribution in [0.1, 0.15) is 31.0 Å². The lowest BCUT2D eigenvalue weighted by molar-refractivity contribution is 0.276. The molecular formula is C17H24N2O3. The predicted molar refractivity (Wildman–Crippen MR) is 85.9 cm³/mol. The van der Waals surface area contributed by atoms with E-state index < -0.39 is 0 Å². The normalized spacial score (nSPS) is 10.9. The standard InChI is InChI=1S/C17H24N2O3/c1-3-13-6-7-14(17-19-15(11-20)12-22-17)10-16(13)21-9-5-4-8-18-2/h6-7,10,12,18,20H,3-5,8-9,11H2,1-2H3. The van der Waals surface area contributed by atoms with Gasteiger partial charge in [0.1, 0.15) is 17.7 Å². The van der Waals surface area contributed by atoms with Gasteiger partial charge in [0.2, 0.25) is 5.89 Å². The zero-order chi connectivity index (χ0) is 15.8. The highest BCUT2D eigenvalue weighted by Gasteiger charge is 2.10. The summed E-state index contributed by atoms with van der Waals surface area (Å²) in [6, 6.07) is 5.98. The summed E-state index contributed by atoms with van der Waals surface area (Å²) in [5.74, 6) is 1.39. The molecule has 1 aromatic heterocycles. The first-order valence-electron chi connectivity index (χ1n) is 7.74. The van der Waals surface area contributed by atoms with Crippen molar-refractivity contribution < 1.29 is 14.3 Å². The number of aromatic nitrogens is 1. The zero-order valence-electron chi connectivity index (χ0n) is 13.3. The molecule has 2 rings (SSSR count). The highest BCUT2D eigenvalue weighted by Crippen LogP contribution is 2.27. The average molecular weight is 304 g/mol. The molecular weight excluding hydrogens is 280 g/mol. The highest BCUT2D eigenvalue weighted by atomic mass is 16.5. The van der Waals surface area contributed by atoms with Crippen LogP contribution in [0.5, 0.6) is 5.75 Å². The van der Waals surface area contributed by atoms with Crippen molar-refractivity contribution in [1.82, 2.24) is 10.3 Å². The Bertz CT molecular complexity index is 581. The Hall–Kier alpha value is -1.85. The molecule has 5 nitrogen and oxygen atoms in total. The molecule has 0 unspecified atom stereocenters. The van der Waals surface area contributed by atoms with Gasteiger partial charge in [0, 0.05) is 5.56 Å². The fourth-order valence-electron chi connectivity index (χ4n) is 2.21. The number of rotatable bonds is 9. The summed E-state index contributed by atoms with van der Waals surface area (Å²) in [7, 11) is 1.95. The molecule has 0 radical (unpaired) electrons. The van der Waals surface area contributed by atoms with Crippen LogP contribution in [-0.2, 0) is 13.0 Å². The molecule has 0 aliphatic rings. The number of aliphatic hydroxyl groups is 1. The first-order chi connectivity index (χ1) is 10.8. The van der Waals surface area contributed by atoms with Crippen LogP contribution >= 0.6 is 0 Å². The molecule has 0 fully saturated rings. The van der Waals surface area contributed by atoms with E-state index in [4.69, 9.17) is 14.3 Å². The number of aryl methyl sites for hydroxylation is 1. The van der Waals surface area contributed by atoms with Gasteiger partial charge in [-0.3, -0.25) is 0 Å². The number of hydrogen-bond donors (Lipinski definition) is 2. The van der Waals surface area contributed by atoms with Gasteiger partial charge in [-0.15, -0.1) is 0 Å². The smallest absolute Gasteiger partial charge is 0.226 e. The van der Waals surface area contributed by atoms with Gasteiger partial charge in [0.25, 0.3) is 0 Å². The van der Waals surface area contributed by atoms with Crippen molar-refractivity contribution in [2.24, 2.45) is 0 Å². The van der Waals surface area contributed by atoms with Gasteiger partial charge in [-0.1, -0.05) is 13.0 Å². The fraction of sp³-hybridized carbons (Fsp3) is 0.471. The van der Waals surface area contributed by atoms with Crippen molar-refractivity contribution in [3.05, 3.63) is 35.7 Å². The Balaban J connectivity index is 2.08.